The number of hydrogen-bond donors (Lipinski definition) is 1. The first-order valence-corrected chi connectivity index (χ1v) is 3.78. The van der Waals surface area contributed by atoms with E-state index in [0.717, 1.165) is 5.57 Å². The van der Waals surface area contributed by atoms with Crippen molar-refractivity contribution in [1.29, 1.82) is 0 Å². The average molecular weight is 178 g/mol. The SMILES string of the molecule is C=C(C)CN(C)CC(F)(F)CN. The molecule has 0 aliphatic carbocycles. The van der Waals surface area contributed by atoms with Gasteiger partial charge in [0.05, 0.1) is 13.1 Å². The van der Waals surface area contributed by atoms with Crippen LogP contribution >= 0.6 is 0 Å². The first-order chi connectivity index (χ1) is 5.37. The van der Waals surface area contributed by atoms with Crippen LogP contribution in [0.25, 0.3) is 0 Å². The quantitative estimate of drug-likeness (QED) is 0.638. The van der Waals surface area contributed by atoms with Gasteiger partial charge in [0.25, 0.3) is 5.92 Å². The molecule has 0 atom stereocenters. The van der Waals surface area contributed by atoms with Gasteiger partial charge in [-0.05, 0) is 14.0 Å². The van der Waals surface area contributed by atoms with Gasteiger partial charge in [-0.15, -0.1) is 0 Å². The summed E-state index contributed by atoms with van der Waals surface area (Å²) in [7, 11) is 1.62. The van der Waals surface area contributed by atoms with Crippen LogP contribution in [0, 0.1) is 0 Å². The Morgan fingerprint density at radius 3 is 2.42 bits per heavy atom. The van der Waals surface area contributed by atoms with E-state index in [9.17, 15) is 8.78 Å². The van der Waals surface area contributed by atoms with E-state index < -0.39 is 12.5 Å². The molecule has 0 unspecified atom stereocenters. The van der Waals surface area contributed by atoms with Gasteiger partial charge < -0.3 is 5.73 Å². The van der Waals surface area contributed by atoms with Crippen molar-refractivity contribution in [2.24, 2.45) is 5.73 Å². The Balaban J connectivity index is 3.83. The van der Waals surface area contributed by atoms with Crippen molar-refractivity contribution in [1.82, 2.24) is 4.90 Å². The number of nitrogens with two attached hydrogens (primary N) is 1. The molecule has 12 heavy (non-hydrogen) atoms. The Morgan fingerprint density at radius 1 is 1.58 bits per heavy atom. The van der Waals surface area contributed by atoms with Crippen LogP contribution in [0.5, 0.6) is 0 Å². The lowest BCUT2D eigenvalue weighted by Gasteiger charge is -2.22. The molecule has 0 saturated heterocycles. The highest BCUT2D eigenvalue weighted by atomic mass is 19.3. The summed E-state index contributed by atoms with van der Waals surface area (Å²) in [4.78, 5) is 1.51. The summed E-state index contributed by atoms with van der Waals surface area (Å²) in [6, 6.07) is 0. The molecule has 0 amide bonds. The smallest absolute Gasteiger partial charge is 0.272 e. The van der Waals surface area contributed by atoms with Gasteiger partial charge in [-0.1, -0.05) is 12.2 Å². The van der Waals surface area contributed by atoms with E-state index in [0.29, 0.717) is 6.54 Å². The Kier molecular flexibility index (Phi) is 4.34. The van der Waals surface area contributed by atoms with E-state index in [1.165, 1.54) is 4.90 Å². The molecule has 0 bridgehead atoms. The molecule has 0 fully saturated rings. The maximum atomic E-state index is 12.7. The summed E-state index contributed by atoms with van der Waals surface area (Å²) in [5.74, 6) is -2.79. The predicted molar refractivity (Wildman–Crippen MR) is 46.3 cm³/mol. The summed E-state index contributed by atoms with van der Waals surface area (Å²) >= 11 is 0. The third kappa shape index (κ3) is 5.21. The Hall–Kier alpha value is -0.480. The molecule has 0 aliphatic rings. The largest absolute Gasteiger partial charge is 0.325 e. The van der Waals surface area contributed by atoms with Gasteiger partial charge in [0, 0.05) is 6.54 Å². The molecule has 0 spiro atoms. The summed E-state index contributed by atoms with van der Waals surface area (Å²) in [6.45, 7) is 5.00. The summed E-state index contributed by atoms with van der Waals surface area (Å²) in [5.41, 5.74) is 5.75. The second-order valence-electron chi connectivity index (χ2n) is 3.19. The third-order valence-corrected chi connectivity index (χ3v) is 1.34. The monoisotopic (exact) mass is 178 g/mol. The molecule has 0 rings (SSSR count). The van der Waals surface area contributed by atoms with Crippen molar-refractivity contribution in [3.05, 3.63) is 12.2 Å². The summed E-state index contributed by atoms with van der Waals surface area (Å²) in [5, 5.41) is 0. The lowest BCUT2D eigenvalue weighted by molar-refractivity contribution is -0.0155. The summed E-state index contributed by atoms with van der Waals surface area (Å²) < 4.78 is 25.3. The number of halogens is 2. The molecule has 0 aromatic carbocycles. The van der Waals surface area contributed by atoms with Crippen LogP contribution in [-0.4, -0.2) is 37.5 Å². The van der Waals surface area contributed by atoms with Gasteiger partial charge in [0.1, 0.15) is 0 Å². The van der Waals surface area contributed by atoms with Crippen LogP contribution in [0.15, 0.2) is 12.2 Å². The Bertz CT molecular complexity index is 157. The van der Waals surface area contributed by atoms with E-state index in [4.69, 9.17) is 5.73 Å². The predicted octanol–water partition coefficient (Wildman–Crippen LogP) is 1.09. The fourth-order valence-corrected chi connectivity index (χ4v) is 0.976. The minimum Gasteiger partial charge on any atom is -0.325 e. The van der Waals surface area contributed by atoms with Crippen LogP contribution < -0.4 is 5.73 Å². The topological polar surface area (TPSA) is 29.3 Å². The highest BCUT2D eigenvalue weighted by Gasteiger charge is 2.28. The van der Waals surface area contributed by atoms with E-state index in [1.54, 1.807) is 14.0 Å². The molecule has 0 radical (unpaired) electrons. The number of likely N-dealkylation sites (N-methyl/N-ethyl adjacent to an activating group) is 1. The van der Waals surface area contributed by atoms with Crippen molar-refractivity contribution >= 4 is 0 Å². The van der Waals surface area contributed by atoms with Gasteiger partial charge in [0.2, 0.25) is 0 Å². The third-order valence-electron chi connectivity index (χ3n) is 1.34. The highest BCUT2D eigenvalue weighted by molar-refractivity contribution is 4.91. The summed E-state index contributed by atoms with van der Waals surface area (Å²) in [6.07, 6.45) is 0. The minimum absolute atomic E-state index is 0.309. The average Bonchev–Trinajstić information content (AvgIpc) is 1.84. The number of nitrogens with zero attached hydrogens (tertiary/aromatic N) is 1. The van der Waals surface area contributed by atoms with E-state index in [1.807, 2.05) is 0 Å². The van der Waals surface area contributed by atoms with E-state index in [2.05, 4.69) is 6.58 Å². The molecule has 0 saturated carbocycles. The molecule has 0 aliphatic heterocycles. The highest BCUT2D eigenvalue weighted by Crippen LogP contribution is 2.12. The number of rotatable bonds is 5. The van der Waals surface area contributed by atoms with Crippen LogP contribution in [0.3, 0.4) is 0 Å². The van der Waals surface area contributed by atoms with Gasteiger partial charge in [-0.25, -0.2) is 8.78 Å². The van der Waals surface area contributed by atoms with Crippen molar-refractivity contribution < 1.29 is 8.78 Å². The standard InChI is InChI=1S/C8H16F2N2/c1-7(2)4-12(3)6-8(9,10)5-11/h1,4-6,11H2,2-3H3. The maximum absolute atomic E-state index is 12.7. The van der Waals surface area contributed by atoms with Crippen LogP contribution in [0.2, 0.25) is 0 Å². The van der Waals surface area contributed by atoms with Crippen LogP contribution in [0.1, 0.15) is 6.92 Å². The van der Waals surface area contributed by atoms with Gasteiger partial charge >= 0.3 is 0 Å². The van der Waals surface area contributed by atoms with E-state index in [-0.39, 0.29) is 6.54 Å². The Labute approximate surface area is 72.0 Å². The van der Waals surface area contributed by atoms with E-state index >= 15 is 0 Å². The first kappa shape index (κ1) is 11.5. The zero-order valence-electron chi connectivity index (χ0n) is 7.61. The number of alkyl halides is 2. The fourth-order valence-electron chi connectivity index (χ4n) is 0.976. The molecular formula is C8H16F2N2. The molecule has 0 aromatic heterocycles. The molecular weight excluding hydrogens is 162 g/mol. The molecule has 72 valence electrons. The fraction of sp³-hybridized carbons (Fsp3) is 0.750. The number of hydrogen-bond acceptors (Lipinski definition) is 2. The second-order valence-corrected chi connectivity index (χ2v) is 3.19. The van der Waals surface area contributed by atoms with Crippen molar-refractivity contribution in [3.8, 4) is 0 Å². The lowest BCUT2D eigenvalue weighted by Crippen LogP contribution is -2.40. The zero-order valence-corrected chi connectivity index (χ0v) is 7.61. The molecule has 0 aromatic rings. The second kappa shape index (κ2) is 4.52. The van der Waals surface area contributed by atoms with Crippen molar-refractivity contribution in [2.75, 3.05) is 26.7 Å². The minimum atomic E-state index is -2.79. The van der Waals surface area contributed by atoms with Gasteiger partial charge in [0.15, 0.2) is 0 Å². The molecule has 4 heteroatoms. The first-order valence-electron chi connectivity index (χ1n) is 3.78. The Morgan fingerprint density at radius 2 is 2.08 bits per heavy atom. The van der Waals surface area contributed by atoms with Gasteiger partial charge in [-0.3, -0.25) is 4.90 Å². The molecule has 2 nitrogen and oxygen atoms in total. The zero-order chi connectivity index (χ0) is 9.78. The van der Waals surface area contributed by atoms with Crippen LogP contribution in [0.4, 0.5) is 8.78 Å². The van der Waals surface area contributed by atoms with Crippen molar-refractivity contribution in [3.63, 3.8) is 0 Å². The van der Waals surface area contributed by atoms with Crippen LogP contribution in [-0.2, 0) is 0 Å². The maximum Gasteiger partial charge on any atom is 0.272 e. The molecule has 2 N–H and O–H groups in total. The molecule has 0 heterocycles. The van der Waals surface area contributed by atoms with Gasteiger partial charge in [-0.2, -0.15) is 0 Å². The van der Waals surface area contributed by atoms with Crippen molar-refractivity contribution in [2.45, 2.75) is 12.8 Å². The normalized spacial score (nSPS) is 12.2. The lowest BCUT2D eigenvalue weighted by atomic mass is 10.3.